The first-order valence-electron chi connectivity index (χ1n) is 10.8. The second kappa shape index (κ2) is 9.90. The number of aromatic nitrogens is 1. The predicted octanol–water partition coefficient (Wildman–Crippen LogP) is 3.44. The lowest BCUT2D eigenvalue weighted by molar-refractivity contribution is -0.129. The fourth-order valence-electron chi connectivity index (χ4n) is 4.40. The first-order valence-corrected chi connectivity index (χ1v) is 11.6. The van der Waals surface area contributed by atoms with Gasteiger partial charge in [0.25, 0.3) is 11.5 Å². The number of aromatic amines is 1. The summed E-state index contributed by atoms with van der Waals surface area (Å²) in [5.41, 5.74) is 4.48. The van der Waals surface area contributed by atoms with E-state index in [4.69, 9.17) is 0 Å². The maximum atomic E-state index is 13.0. The Kier molecular flexibility index (Phi) is 7.44. The summed E-state index contributed by atoms with van der Waals surface area (Å²) in [6.07, 6.45) is 1.78. The van der Waals surface area contributed by atoms with E-state index < -0.39 is 0 Å². The van der Waals surface area contributed by atoms with Gasteiger partial charge in [-0.15, -0.1) is 0 Å². The van der Waals surface area contributed by atoms with Crippen LogP contribution in [0.3, 0.4) is 0 Å². The van der Waals surface area contributed by atoms with Gasteiger partial charge >= 0.3 is 0 Å². The number of likely N-dealkylation sites (tertiary alicyclic amines) is 1. The van der Waals surface area contributed by atoms with Crippen molar-refractivity contribution in [1.29, 1.82) is 0 Å². The molecule has 0 radical (unpaired) electrons. The van der Waals surface area contributed by atoms with E-state index in [-0.39, 0.29) is 23.9 Å². The molecule has 1 aliphatic rings. The molecule has 2 N–H and O–H groups in total. The molecule has 7 nitrogen and oxygen atoms in total. The van der Waals surface area contributed by atoms with Crippen molar-refractivity contribution in [1.82, 2.24) is 15.2 Å². The van der Waals surface area contributed by atoms with Gasteiger partial charge in [-0.1, -0.05) is 15.9 Å². The zero-order valence-corrected chi connectivity index (χ0v) is 20.9. The highest BCUT2D eigenvalue weighted by atomic mass is 79.9. The summed E-state index contributed by atoms with van der Waals surface area (Å²) in [6, 6.07) is 6.03. The molecule has 8 heteroatoms. The van der Waals surface area contributed by atoms with Gasteiger partial charge in [-0.25, -0.2) is 0 Å². The molecule has 2 amide bonds. The van der Waals surface area contributed by atoms with E-state index in [1.165, 1.54) is 0 Å². The topological polar surface area (TPSA) is 85.5 Å². The van der Waals surface area contributed by atoms with Gasteiger partial charge in [0.2, 0.25) is 5.91 Å². The molecule has 1 fully saturated rings. The molecular weight excluding hydrogens is 472 g/mol. The molecule has 1 aliphatic heterocycles. The molecule has 0 spiro atoms. The van der Waals surface area contributed by atoms with Crippen molar-refractivity contribution in [2.45, 2.75) is 53.1 Å². The van der Waals surface area contributed by atoms with Crippen molar-refractivity contribution >= 4 is 33.4 Å². The second-order valence-corrected chi connectivity index (χ2v) is 9.49. The highest BCUT2D eigenvalue weighted by molar-refractivity contribution is 9.10. The lowest BCUT2D eigenvalue weighted by Crippen LogP contribution is -2.45. The van der Waals surface area contributed by atoms with E-state index in [0.29, 0.717) is 17.2 Å². The molecule has 0 saturated carbocycles. The molecule has 32 heavy (non-hydrogen) atoms. The third kappa shape index (κ3) is 5.23. The number of amides is 2. The first-order chi connectivity index (χ1) is 15.1. The molecule has 1 saturated heterocycles. The zero-order valence-electron chi connectivity index (χ0n) is 19.3. The van der Waals surface area contributed by atoms with E-state index >= 15 is 0 Å². The molecule has 0 bridgehead atoms. The predicted molar refractivity (Wildman–Crippen MR) is 130 cm³/mol. The quantitative estimate of drug-likeness (QED) is 0.655. The second-order valence-electron chi connectivity index (χ2n) is 8.57. The summed E-state index contributed by atoms with van der Waals surface area (Å²) >= 11 is 3.55. The number of benzene rings is 1. The summed E-state index contributed by atoms with van der Waals surface area (Å²) < 4.78 is 0.820. The van der Waals surface area contributed by atoms with E-state index in [0.717, 1.165) is 52.9 Å². The average Bonchev–Trinajstić information content (AvgIpc) is 2.73. The number of nitrogens with zero attached hydrogens (tertiary/aromatic N) is 2. The number of pyridine rings is 1. The van der Waals surface area contributed by atoms with E-state index in [9.17, 15) is 14.4 Å². The Morgan fingerprint density at radius 1 is 1.19 bits per heavy atom. The lowest BCUT2D eigenvalue weighted by atomic mass is 9.99. The summed E-state index contributed by atoms with van der Waals surface area (Å²) in [6.45, 7) is 8.93. The highest BCUT2D eigenvalue weighted by Crippen LogP contribution is 2.31. The number of piperidine rings is 1. The van der Waals surface area contributed by atoms with Crippen LogP contribution in [0.25, 0.3) is 0 Å². The van der Waals surface area contributed by atoms with Crippen LogP contribution in [-0.4, -0.2) is 47.9 Å². The standard InChI is InChI=1S/C24H31BrN4O3/c1-14-10-15(2)27-24(32)21(14)13-26-23(31)20-11-18(25)12-22(16(20)3)28(5)19-6-8-29(9-7-19)17(4)30/h10-12,19H,6-9,13H2,1-5H3,(H,26,31)(H,27,32). The Labute approximate surface area is 197 Å². The summed E-state index contributed by atoms with van der Waals surface area (Å²) in [5.74, 6) is -0.101. The van der Waals surface area contributed by atoms with Crippen LogP contribution in [0.15, 0.2) is 27.5 Å². The van der Waals surface area contributed by atoms with Gasteiger partial charge < -0.3 is 20.1 Å². The number of H-pyrrole nitrogens is 1. The number of nitrogens with one attached hydrogen (secondary N) is 2. The van der Waals surface area contributed by atoms with Crippen LogP contribution in [0.4, 0.5) is 5.69 Å². The SMILES string of the molecule is CC(=O)N1CCC(N(C)c2cc(Br)cc(C(=O)NCc3c(C)cc(C)[nH]c3=O)c2C)CC1. The lowest BCUT2D eigenvalue weighted by Gasteiger charge is -2.38. The van der Waals surface area contributed by atoms with Crippen LogP contribution in [0, 0.1) is 20.8 Å². The first kappa shape index (κ1) is 24.0. The van der Waals surface area contributed by atoms with Gasteiger partial charge in [0.1, 0.15) is 0 Å². The zero-order chi connectivity index (χ0) is 23.6. The van der Waals surface area contributed by atoms with Crippen LogP contribution >= 0.6 is 15.9 Å². The number of hydrogen-bond donors (Lipinski definition) is 2. The third-order valence-corrected chi connectivity index (χ3v) is 6.80. The van der Waals surface area contributed by atoms with Crippen molar-refractivity contribution < 1.29 is 9.59 Å². The molecule has 1 aromatic heterocycles. The van der Waals surface area contributed by atoms with Crippen molar-refractivity contribution in [3.8, 4) is 0 Å². The van der Waals surface area contributed by atoms with Gasteiger partial charge in [-0.3, -0.25) is 14.4 Å². The largest absolute Gasteiger partial charge is 0.371 e. The molecule has 1 aromatic carbocycles. The van der Waals surface area contributed by atoms with E-state index in [1.807, 2.05) is 50.9 Å². The minimum atomic E-state index is -0.218. The molecular formula is C24H31BrN4O3. The van der Waals surface area contributed by atoms with Gasteiger partial charge in [0.15, 0.2) is 0 Å². The fraction of sp³-hybridized carbons (Fsp3) is 0.458. The summed E-state index contributed by atoms with van der Waals surface area (Å²) in [4.78, 5) is 43.8. The molecule has 0 unspecified atom stereocenters. The minimum absolute atomic E-state index is 0.117. The fourth-order valence-corrected chi connectivity index (χ4v) is 4.84. The molecule has 0 atom stereocenters. The Bertz CT molecular complexity index is 1090. The third-order valence-electron chi connectivity index (χ3n) is 6.35. The van der Waals surface area contributed by atoms with Crippen LogP contribution in [0.5, 0.6) is 0 Å². The number of carbonyl (C=O) groups excluding carboxylic acids is 2. The van der Waals surface area contributed by atoms with Gasteiger partial charge in [0.05, 0.1) is 0 Å². The van der Waals surface area contributed by atoms with Crippen LogP contribution in [0.1, 0.15) is 52.5 Å². The van der Waals surface area contributed by atoms with Crippen LogP contribution < -0.4 is 15.8 Å². The Morgan fingerprint density at radius 2 is 1.84 bits per heavy atom. The Balaban J connectivity index is 1.78. The van der Waals surface area contributed by atoms with Gasteiger partial charge in [-0.05, 0) is 62.9 Å². The van der Waals surface area contributed by atoms with Crippen molar-refractivity contribution in [3.05, 3.63) is 61.0 Å². The monoisotopic (exact) mass is 502 g/mol. The van der Waals surface area contributed by atoms with E-state index in [2.05, 4.69) is 31.1 Å². The van der Waals surface area contributed by atoms with Crippen molar-refractivity contribution in [2.24, 2.45) is 0 Å². The van der Waals surface area contributed by atoms with Gasteiger partial charge in [-0.2, -0.15) is 0 Å². The van der Waals surface area contributed by atoms with Crippen molar-refractivity contribution in [3.63, 3.8) is 0 Å². The van der Waals surface area contributed by atoms with Crippen LogP contribution in [0.2, 0.25) is 0 Å². The Morgan fingerprint density at radius 3 is 2.44 bits per heavy atom. The maximum absolute atomic E-state index is 13.0. The summed E-state index contributed by atoms with van der Waals surface area (Å²) in [5, 5.41) is 2.91. The molecule has 2 aromatic rings. The average molecular weight is 503 g/mol. The summed E-state index contributed by atoms with van der Waals surface area (Å²) in [7, 11) is 2.04. The number of carbonyl (C=O) groups is 2. The number of hydrogen-bond acceptors (Lipinski definition) is 4. The molecule has 0 aliphatic carbocycles. The normalized spacial score (nSPS) is 14.4. The Hall–Kier alpha value is -2.61. The van der Waals surface area contributed by atoms with Crippen molar-refractivity contribution in [2.75, 3.05) is 25.0 Å². The number of halogens is 1. The van der Waals surface area contributed by atoms with Crippen LogP contribution in [-0.2, 0) is 11.3 Å². The molecule has 3 rings (SSSR count). The van der Waals surface area contributed by atoms with E-state index in [1.54, 1.807) is 6.92 Å². The smallest absolute Gasteiger partial charge is 0.253 e. The number of rotatable bonds is 5. The number of anilines is 1. The number of aryl methyl sites for hydroxylation is 2. The molecule has 2 heterocycles. The molecule has 172 valence electrons. The minimum Gasteiger partial charge on any atom is -0.371 e. The highest BCUT2D eigenvalue weighted by Gasteiger charge is 2.26. The maximum Gasteiger partial charge on any atom is 0.253 e. The van der Waals surface area contributed by atoms with Gasteiger partial charge in [0, 0.05) is 66.6 Å².